The van der Waals surface area contributed by atoms with Gasteiger partial charge in [0.1, 0.15) is 0 Å². The summed E-state index contributed by atoms with van der Waals surface area (Å²) in [6.07, 6.45) is 7.09. The van der Waals surface area contributed by atoms with E-state index in [2.05, 4.69) is 10.2 Å². The molecular formula is C12H25N3. The second kappa shape index (κ2) is 5.83. The Labute approximate surface area is 93.4 Å². The monoisotopic (exact) mass is 211 g/mol. The van der Waals surface area contributed by atoms with Crippen LogP contribution in [0.3, 0.4) is 0 Å². The van der Waals surface area contributed by atoms with Crippen molar-refractivity contribution in [1.82, 2.24) is 10.2 Å². The molecule has 1 aliphatic heterocycles. The van der Waals surface area contributed by atoms with E-state index in [9.17, 15) is 0 Å². The van der Waals surface area contributed by atoms with Crippen LogP contribution in [0.5, 0.6) is 0 Å². The molecule has 88 valence electrons. The largest absolute Gasteiger partial charge is 0.329 e. The zero-order chi connectivity index (χ0) is 10.5. The Balaban J connectivity index is 1.65. The molecule has 0 aromatic carbocycles. The first kappa shape index (κ1) is 11.4. The fourth-order valence-corrected chi connectivity index (χ4v) is 2.60. The molecule has 1 heterocycles. The van der Waals surface area contributed by atoms with Gasteiger partial charge in [-0.15, -0.1) is 0 Å². The predicted octanol–water partition coefficient (Wildman–Crippen LogP) is 0.799. The predicted molar refractivity (Wildman–Crippen MR) is 63.9 cm³/mol. The Kier molecular flexibility index (Phi) is 4.42. The molecule has 1 unspecified atom stereocenters. The Morgan fingerprint density at radius 2 is 2.00 bits per heavy atom. The lowest BCUT2D eigenvalue weighted by molar-refractivity contribution is 0.270. The molecule has 1 aliphatic carbocycles. The van der Waals surface area contributed by atoms with Crippen molar-refractivity contribution in [3.63, 3.8) is 0 Å². The number of likely N-dealkylation sites (tertiary alicyclic amines) is 1. The van der Waals surface area contributed by atoms with Crippen LogP contribution in [-0.2, 0) is 0 Å². The maximum atomic E-state index is 5.47. The molecule has 0 bridgehead atoms. The third-order valence-electron chi connectivity index (χ3n) is 3.70. The number of nitrogens with one attached hydrogen (secondary N) is 1. The van der Waals surface area contributed by atoms with E-state index in [-0.39, 0.29) is 0 Å². The van der Waals surface area contributed by atoms with Crippen LogP contribution in [0.2, 0.25) is 0 Å². The molecular weight excluding hydrogens is 186 g/mol. The Bertz CT molecular complexity index is 180. The highest BCUT2D eigenvalue weighted by molar-refractivity contribution is 4.86. The number of hydrogen-bond acceptors (Lipinski definition) is 3. The molecule has 0 aromatic heterocycles. The average Bonchev–Trinajstić information content (AvgIpc) is 3.04. The van der Waals surface area contributed by atoms with Gasteiger partial charge in [-0.3, -0.25) is 0 Å². The molecule has 0 radical (unpaired) electrons. The van der Waals surface area contributed by atoms with E-state index in [0.717, 1.165) is 25.0 Å². The Morgan fingerprint density at radius 3 is 2.73 bits per heavy atom. The SMILES string of the molecule is NCCNCC1CCCN(C2CC2)CC1. The van der Waals surface area contributed by atoms with E-state index in [1.807, 2.05) is 0 Å². The van der Waals surface area contributed by atoms with Crippen LogP contribution in [0.1, 0.15) is 32.1 Å². The Morgan fingerprint density at radius 1 is 1.13 bits per heavy atom. The lowest BCUT2D eigenvalue weighted by Crippen LogP contribution is -2.29. The molecule has 0 aromatic rings. The zero-order valence-corrected chi connectivity index (χ0v) is 9.75. The number of nitrogens with zero attached hydrogens (tertiary/aromatic N) is 1. The van der Waals surface area contributed by atoms with Crippen molar-refractivity contribution in [2.75, 3.05) is 32.7 Å². The van der Waals surface area contributed by atoms with E-state index >= 15 is 0 Å². The topological polar surface area (TPSA) is 41.3 Å². The third-order valence-corrected chi connectivity index (χ3v) is 3.70. The molecule has 15 heavy (non-hydrogen) atoms. The fraction of sp³-hybridized carbons (Fsp3) is 1.00. The first-order chi connectivity index (χ1) is 7.40. The maximum Gasteiger partial charge on any atom is 0.00964 e. The minimum Gasteiger partial charge on any atom is -0.329 e. The van der Waals surface area contributed by atoms with Crippen molar-refractivity contribution < 1.29 is 0 Å². The van der Waals surface area contributed by atoms with Gasteiger partial charge < -0.3 is 16.0 Å². The van der Waals surface area contributed by atoms with Crippen molar-refractivity contribution in [1.29, 1.82) is 0 Å². The molecule has 3 nitrogen and oxygen atoms in total. The van der Waals surface area contributed by atoms with Crippen LogP contribution < -0.4 is 11.1 Å². The van der Waals surface area contributed by atoms with Crippen molar-refractivity contribution >= 4 is 0 Å². The summed E-state index contributed by atoms with van der Waals surface area (Å²) in [5.74, 6) is 0.889. The summed E-state index contributed by atoms with van der Waals surface area (Å²) in [4.78, 5) is 2.71. The van der Waals surface area contributed by atoms with Gasteiger partial charge in [-0.2, -0.15) is 0 Å². The maximum absolute atomic E-state index is 5.47. The van der Waals surface area contributed by atoms with Crippen molar-refractivity contribution in [3.8, 4) is 0 Å². The van der Waals surface area contributed by atoms with Gasteiger partial charge in [0.15, 0.2) is 0 Å². The van der Waals surface area contributed by atoms with Gasteiger partial charge in [0, 0.05) is 19.1 Å². The van der Waals surface area contributed by atoms with Gasteiger partial charge in [-0.05, 0) is 57.7 Å². The highest BCUT2D eigenvalue weighted by Crippen LogP contribution is 2.29. The summed E-state index contributed by atoms with van der Waals surface area (Å²) in [5, 5.41) is 3.45. The molecule has 1 saturated heterocycles. The van der Waals surface area contributed by atoms with Crippen molar-refractivity contribution in [3.05, 3.63) is 0 Å². The van der Waals surface area contributed by atoms with Gasteiger partial charge in [0.25, 0.3) is 0 Å². The summed E-state index contributed by atoms with van der Waals surface area (Å²) < 4.78 is 0. The first-order valence-corrected chi connectivity index (χ1v) is 6.55. The standard InChI is InChI=1S/C12H25N3/c13-6-7-14-10-11-2-1-8-15(9-5-11)12-3-4-12/h11-12,14H,1-10,13H2. The van der Waals surface area contributed by atoms with Crippen LogP contribution in [-0.4, -0.2) is 43.7 Å². The molecule has 3 N–H and O–H groups in total. The molecule has 2 rings (SSSR count). The van der Waals surface area contributed by atoms with E-state index in [1.165, 1.54) is 51.7 Å². The zero-order valence-electron chi connectivity index (χ0n) is 9.75. The molecule has 3 heteroatoms. The summed E-state index contributed by atoms with van der Waals surface area (Å²) in [6.45, 7) is 5.59. The normalized spacial score (nSPS) is 29.0. The van der Waals surface area contributed by atoms with E-state index in [1.54, 1.807) is 0 Å². The van der Waals surface area contributed by atoms with Gasteiger partial charge in [-0.25, -0.2) is 0 Å². The van der Waals surface area contributed by atoms with Crippen molar-refractivity contribution in [2.24, 2.45) is 11.7 Å². The highest BCUT2D eigenvalue weighted by Gasteiger charge is 2.30. The molecule has 1 atom stereocenters. The van der Waals surface area contributed by atoms with E-state index in [0.29, 0.717) is 0 Å². The fourth-order valence-electron chi connectivity index (χ4n) is 2.60. The number of hydrogen-bond donors (Lipinski definition) is 2. The van der Waals surface area contributed by atoms with E-state index < -0.39 is 0 Å². The first-order valence-electron chi connectivity index (χ1n) is 6.55. The summed E-state index contributed by atoms with van der Waals surface area (Å²) in [5.41, 5.74) is 5.47. The summed E-state index contributed by atoms with van der Waals surface area (Å²) in [6, 6.07) is 0.959. The minimum atomic E-state index is 0.765. The Hall–Kier alpha value is -0.120. The number of nitrogens with two attached hydrogens (primary N) is 1. The van der Waals surface area contributed by atoms with Crippen molar-refractivity contribution in [2.45, 2.75) is 38.1 Å². The molecule has 2 aliphatic rings. The average molecular weight is 211 g/mol. The van der Waals surface area contributed by atoms with Crippen LogP contribution >= 0.6 is 0 Å². The van der Waals surface area contributed by atoms with Gasteiger partial charge in [0.05, 0.1) is 0 Å². The molecule has 0 spiro atoms. The quantitative estimate of drug-likeness (QED) is 0.661. The van der Waals surface area contributed by atoms with E-state index in [4.69, 9.17) is 5.73 Å². The second-order valence-electron chi connectivity index (χ2n) is 5.06. The minimum absolute atomic E-state index is 0.765. The van der Waals surface area contributed by atoms with Crippen LogP contribution in [0, 0.1) is 5.92 Å². The smallest absolute Gasteiger partial charge is 0.00964 e. The van der Waals surface area contributed by atoms with Gasteiger partial charge in [-0.1, -0.05) is 0 Å². The molecule has 0 amide bonds. The lowest BCUT2D eigenvalue weighted by atomic mass is 10.0. The second-order valence-corrected chi connectivity index (χ2v) is 5.06. The van der Waals surface area contributed by atoms with Crippen LogP contribution in [0.15, 0.2) is 0 Å². The van der Waals surface area contributed by atoms with Crippen LogP contribution in [0.4, 0.5) is 0 Å². The summed E-state index contributed by atoms with van der Waals surface area (Å²) >= 11 is 0. The van der Waals surface area contributed by atoms with Gasteiger partial charge in [0.2, 0.25) is 0 Å². The third kappa shape index (κ3) is 3.74. The number of rotatable bonds is 5. The summed E-state index contributed by atoms with van der Waals surface area (Å²) in [7, 11) is 0. The molecule has 1 saturated carbocycles. The van der Waals surface area contributed by atoms with Gasteiger partial charge >= 0.3 is 0 Å². The highest BCUT2D eigenvalue weighted by atomic mass is 15.2. The van der Waals surface area contributed by atoms with Crippen LogP contribution in [0.25, 0.3) is 0 Å². The molecule has 2 fully saturated rings. The lowest BCUT2D eigenvalue weighted by Gasteiger charge is -2.19.